The zero-order valence-corrected chi connectivity index (χ0v) is 14.4. The molecule has 2 heterocycles. The van der Waals surface area contributed by atoms with Gasteiger partial charge in [0.2, 0.25) is 0 Å². The maximum absolute atomic E-state index is 12.6. The maximum atomic E-state index is 12.6. The Morgan fingerprint density at radius 1 is 1.30 bits per heavy atom. The first kappa shape index (κ1) is 17.9. The predicted molar refractivity (Wildman–Crippen MR) is 95.0 cm³/mol. The quantitative estimate of drug-likeness (QED) is 0.838. The molecule has 3 rings (SSSR count). The van der Waals surface area contributed by atoms with E-state index in [2.05, 4.69) is 12.1 Å². The van der Waals surface area contributed by atoms with Gasteiger partial charge in [-0.1, -0.05) is 18.2 Å². The summed E-state index contributed by atoms with van der Waals surface area (Å²) in [6.07, 6.45) is 2.58. The number of halogens is 1. The minimum absolute atomic E-state index is 0. The van der Waals surface area contributed by atoms with Gasteiger partial charge in [-0.2, -0.15) is 0 Å². The number of thioether (sulfide) groups is 1. The zero-order valence-electron chi connectivity index (χ0n) is 12.8. The Labute approximate surface area is 146 Å². The lowest BCUT2D eigenvalue weighted by Crippen LogP contribution is -2.30. The number of carbonyl (C=O) groups is 1. The van der Waals surface area contributed by atoms with E-state index in [0.29, 0.717) is 18.2 Å². The van der Waals surface area contributed by atoms with Crippen molar-refractivity contribution in [2.75, 3.05) is 19.6 Å². The third kappa shape index (κ3) is 4.31. The molecule has 1 aromatic carbocycles. The van der Waals surface area contributed by atoms with Gasteiger partial charge in [-0.3, -0.25) is 4.79 Å². The molecular weight excluding hydrogens is 332 g/mol. The average Bonchev–Trinajstić information content (AvgIpc) is 3.22. The van der Waals surface area contributed by atoms with Crippen molar-refractivity contribution < 1.29 is 9.21 Å². The van der Waals surface area contributed by atoms with Gasteiger partial charge in [0.1, 0.15) is 0 Å². The third-order valence-corrected chi connectivity index (χ3v) is 5.05. The van der Waals surface area contributed by atoms with Crippen LogP contribution in [0.1, 0.15) is 22.5 Å². The van der Waals surface area contributed by atoms with Gasteiger partial charge in [0.25, 0.3) is 5.91 Å². The van der Waals surface area contributed by atoms with Gasteiger partial charge in [-0.05, 0) is 37.1 Å². The Morgan fingerprint density at radius 2 is 2.09 bits per heavy atom. The molecule has 1 atom stereocenters. The van der Waals surface area contributed by atoms with Crippen LogP contribution in [0.3, 0.4) is 0 Å². The molecule has 4 nitrogen and oxygen atoms in total. The van der Waals surface area contributed by atoms with Crippen molar-refractivity contribution in [1.29, 1.82) is 0 Å². The normalized spacial score (nSPS) is 17.1. The van der Waals surface area contributed by atoms with Gasteiger partial charge in [0.15, 0.2) is 5.76 Å². The summed E-state index contributed by atoms with van der Waals surface area (Å²) in [6.45, 7) is 2.15. The fourth-order valence-corrected chi connectivity index (χ4v) is 3.57. The zero-order chi connectivity index (χ0) is 15.4. The lowest BCUT2D eigenvalue weighted by molar-refractivity contribution is 0.0755. The molecule has 1 unspecified atom stereocenters. The molecule has 0 saturated carbocycles. The van der Waals surface area contributed by atoms with E-state index in [4.69, 9.17) is 10.2 Å². The molecule has 2 N–H and O–H groups in total. The van der Waals surface area contributed by atoms with Crippen LogP contribution in [-0.4, -0.2) is 30.4 Å². The highest BCUT2D eigenvalue weighted by Crippen LogP contribution is 2.26. The summed E-state index contributed by atoms with van der Waals surface area (Å²) >= 11 is 1.71. The van der Waals surface area contributed by atoms with Crippen molar-refractivity contribution >= 4 is 30.1 Å². The molecule has 1 aliphatic heterocycles. The molecule has 2 aromatic rings. The molecule has 0 spiro atoms. The summed E-state index contributed by atoms with van der Waals surface area (Å²) < 4.78 is 5.46. The molecule has 1 amide bonds. The number of amides is 1. The SMILES string of the molecule is Cl.NCC1CCN(C(=O)c2occc2CSc2ccccc2)C1. The molecule has 1 aliphatic rings. The van der Waals surface area contributed by atoms with E-state index in [-0.39, 0.29) is 18.3 Å². The summed E-state index contributed by atoms with van der Waals surface area (Å²) in [5.74, 6) is 1.61. The number of nitrogens with two attached hydrogens (primary N) is 1. The van der Waals surface area contributed by atoms with Gasteiger partial charge in [0.05, 0.1) is 6.26 Å². The maximum Gasteiger partial charge on any atom is 0.289 e. The highest BCUT2D eigenvalue weighted by atomic mass is 35.5. The first-order valence-corrected chi connectivity index (χ1v) is 8.50. The minimum Gasteiger partial charge on any atom is -0.459 e. The molecule has 0 radical (unpaired) electrons. The molecule has 0 aliphatic carbocycles. The van der Waals surface area contributed by atoms with Crippen molar-refractivity contribution in [2.24, 2.45) is 11.7 Å². The Hall–Kier alpha value is -1.43. The molecule has 1 fully saturated rings. The number of rotatable bonds is 5. The number of hydrogen-bond donors (Lipinski definition) is 1. The van der Waals surface area contributed by atoms with E-state index < -0.39 is 0 Å². The molecule has 124 valence electrons. The summed E-state index contributed by atoms with van der Waals surface area (Å²) in [6, 6.07) is 12.1. The van der Waals surface area contributed by atoms with Crippen LogP contribution in [0.4, 0.5) is 0 Å². The number of furan rings is 1. The lowest BCUT2D eigenvalue weighted by Gasteiger charge is -2.15. The van der Waals surface area contributed by atoms with Gasteiger partial charge < -0.3 is 15.1 Å². The van der Waals surface area contributed by atoms with Crippen LogP contribution in [0.25, 0.3) is 0 Å². The van der Waals surface area contributed by atoms with Crippen LogP contribution in [0.2, 0.25) is 0 Å². The van der Waals surface area contributed by atoms with E-state index in [9.17, 15) is 4.79 Å². The largest absolute Gasteiger partial charge is 0.459 e. The number of benzene rings is 1. The molecular formula is C17H21ClN2O2S. The summed E-state index contributed by atoms with van der Waals surface area (Å²) in [5, 5.41) is 0. The number of nitrogens with zero attached hydrogens (tertiary/aromatic N) is 1. The monoisotopic (exact) mass is 352 g/mol. The fourth-order valence-electron chi connectivity index (χ4n) is 2.67. The molecule has 1 aromatic heterocycles. The molecule has 6 heteroatoms. The fraction of sp³-hybridized carbons (Fsp3) is 0.353. The first-order chi connectivity index (χ1) is 10.8. The second-order valence-electron chi connectivity index (χ2n) is 5.52. The van der Waals surface area contributed by atoms with Gasteiger partial charge >= 0.3 is 0 Å². The van der Waals surface area contributed by atoms with Crippen molar-refractivity contribution in [1.82, 2.24) is 4.90 Å². The Bertz CT molecular complexity index is 633. The standard InChI is InChI=1S/C17H20N2O2S.ClH/c18-10-13-6-8-19(11-13)17(20)16-14(7-9-21-16)12-22-15-4-2-1-3-5-15;/h1-5,7,9,13H,6,8,10-12,18H2;1H. The average molecular weight is 353 g/mol. The molecule has 0 bridgehead atoms. The van der Waals surface area contributed by atoms with Crippen molar-refractivity contribution in [3.05, 3.63) is 54.0 Å². The van der Waals surface area contributed by atoms with E-state index in [1.54, 1.807) is 18.0 Å². The van der Waals surface area contributed by atoms with E-state index in [1.807, 2.05) is 29.2 Å². The lowest BCUT2D eigenvalue weighted by atomic mass is 10.1. The number of likely N-dealkylation sites (tertiary alicyclic amines) is 1. The first-order valence-electron chi connectivity index (χ1n) is 7.51. The van der Waals surface area contributed by atoms with Crippen LogP contribution < -0.4 is 5.73 Å². The highest BCUT2D eigenvalue weighted by Gasteiger charge is 2.29. The van der Waals surface area contributed by atoms with Gasteiger partial charge in [-0.15, -0.1) is 24.2 Å². The number of carbonyl (C=O) groups excluding carboxylic acids is 1. The smallest absolute Gasteiger partial charge is 0.289 e. The van der Waals surface area contributed by atoms with Crippen molar-refractivity contribution in [3.8, 4) is 0 Å². The van der Waals surface area contributed by atoms with Gasteiger partial charge in [0, 0.05) is 29.3 Å². The van der Waals surface area contributed by atoms with Crippen LogP contribution >= 0.6 is 24.2 Å². The van der Waals surface area contributed by atoms with Gasteiger partial charge in [-0.25, -0.2) is 0 Å². The topological polar surface area (TPSA) is 59.5 Å². The van der Waals surface area contributed by atoms with Crippen LogP contribution in [0, 0.1) is 5.92 Å². The third-order valence-electron chi connectivity index (χ3n) is 3.98. The van der Waals surface area contributed by atoms with Crippen LogP contribution in [-0.2, 0) is 5.75 Å². The summed E-state index contributed by atoms with van der Waals surface area (Å²) in [4.78, 5) is 15.6. The second kappa shape index (κ2) is 8.43. The number of hydrogen-bond acceptors (Lipinski definition) is 4. The van der Waals surface area contributed by atoms with Crippen LogP contribution in [0.15, 0.2) is 52.0 Å². The van der Waals surface area contributed by atoms with Crippen LogP contribution in [0.5, 0.6) is 0 Å². The molecule has 1 saturated heterocycles. The molecule has 23 heavy (non-hydrogen) atoms. The second-order valence-corrected chi connectivity index (χ2v) is 6.57. The highest BCUT2D eigenvalue weighted by molar-refractivity contribution is 7.98. The van der Waals surface area contributed by atoms with Crippen molar-refractivity contribution in [3.63, 3.8) is 0 Å². The Balaban J connectivity index is 0.00000192. The predicted octanol–water partition coefficient (Wildman–Crippen LogP) is 3.41. The minimum atomic E-state index is -0.00962. The summed E-state index contributed by atoms with van der Waals surface area (Å²) in [7, 11) is 0. The Morgan fingerprint density at radius 3 is 2.78 bits per heavy atom. The van der Waals surface area contributed by atoms with E-state index in [0.717, 1.165) is 30.8 Å². The summed E-state index contributed by atoms with van der Waals surface area (Å²) in [5.41, 5.74) is 6.65. The van der Waals surface area contributed by atoms with Crippen molar-refractivity contribution in [2.45, 2.75) is 17.1 Å². The van der Waals surface area contributed by atoms with E-state index >= 15 is 0 Å². The van der Waals surface area contributed by atoms with E-state index in [1.165, 1.54) is 4.90 Å². The Kier molecular flexibility index (Phi) is 6.57.